The fraction of sp³-hybridized carbons (Fsp3) is 0.350. The number of imidazole rings is 1. The highest BCUT2D eigenvalue weighted by Gasteiger charge is 2.08. The first kappa shape index (κ1) is 17.9. The Morgan fingerprint density at radius 1 is 1.12 bits per heavy atom. The van der Waals surface area contributed by atoms with Crippen molar-refractivity contribution < 1.29 is 4.79 Å². The van der Waals surface area contributed by atoms with Gasteiger partial charge in [0.2, 0.25) is 5.91 Å². The van der Waals surface area contributed by atoms with Crippen molar-refractivity contribution in [3.05, 3.63) is 54.0 Å². The van der Waals surface area contributed by atoms with Gasteiger partial charge in [0.1, 0.15) is 11.6 Å². The lowest BCUT2D eigenvalue weighted by atomic mass is 10.3. The van der Waals surface area contributed by atoms with Gasteiger partial charge < -0.3 is 15.2 Å². The summed E-state index contributed by atoms with van der Waals surface area (Å²) in [5.41, 5.74) is 3.19. The number of rotatable bonds is 8. The molecule has 0 aliphatic carbocycles. The molecule has 2 aromatic heterocycles. The molecule has 0 unspecified atom stereocenters. The third-order valence-corrected chi connectivity index (χ3v) is 4.30. The van der Waals surface area contributed by atoms with E-state index in [1.165, 1.54) is 0 Å². The van der Waals surface area contributed by atoms with Crippen LogP contribution in [0, 0.1) is 13.8 Å². The maximum absolute atomic E-state index is 12.1. The molecule has 1 amide bonds. The third-order valence-electron chi connectivity index (χ3n) is 4.30. The van der Waals surface area contributed by atoms with Crippen LogP contribution in [0.15, 0.2) is 42.6 Å². The Kier molecular flexibility index (Phi) is 5.84. The Hall–Kier alpha value is -2.89. The molecular formula is C20H25N5O. The fourth-order valence-corrected chi connectivity index (χ4v) is 2.88. The van der Waals surface area contributed by atoms with Crippen molar-refractivity contribution in [3.8, 4) is 0 Å². The molecule has 0 aliphatic rings. The van der Waals surface area contributed by atoms with E-state index in [-0.39, 0.29) is 5.91 Å². The number of benzene rings is 1. The Morgan fingerprint density at radius 3 is 2.77 bits per heavy atom. The average Bonchev–Trinajstić information content (AvgIpc) is 2.96. The summed E-state index contributed by atoms with van der Waals surface area (Å²) in [7, 11) is 0. The van der Waals surface area contributed by atoms with Crippen LogP contribution in [0.3, 0.4) is 0 Å². The number of para-hydroxylation sites is 2. The smallest absolute Gasteiger partial charge is 0.221 e. The molecule has 0 saturated heterocycles. The van der Waals surface area contributed by atoms with Gasteiger partial charge in [0, 0.05) is 32.3 Å². The van der Waals surface area contributed by atoms with Crippen molar-refractivity contribution in [1.29, 1.82) is 0 Å². The largest absolute Gasteiger partial charge is 0.370 e. The summed E-state index contributed by atoms with van der Waals surface area (Å²) < 4.78 is 2.10. The first-order valence-electron chi connectivity index (χ1n) is 8.98. The van der Waals surface area contributed by atoms with Crippen LogP contribution in [0.4, 0.5) is 5.82 Å². The van der Waals surface area contributed by atoms with Crippen molar-refractivity contribution in [3.63, 3.8) is 0 Å². The monoisotopic (exact) mass is 351 g/mol. The molecule has 2 heterocycles. The maximum atomic E-state index is 12.1. The van der Waals surface area contributed by atoms with Gasteiger partial charge in [0.25, 0.3) is 0 Å². The lowest BCUT2D eigenvalue weighted by molar-refractivity contribution is -0.121. The molecule has 0 saturated carbocycles. The van der Waals surface area contributed by atoms with Crippen molar-refractivity contribution in [2.75, 3.05) is 18.4 Å². The van der Waals surface area contributed by atoms with E-state index >= 15 is 0 Å². The van der Waals surface area contributed by atoms with E-state index < -0.39 is 0 Å². The van der Waals surface area contributed by atoms with Crippen LogP contribution in [-0.2, 0) is 11.3 Å². The minimum Gasteiger partial charge on any atom is -0.370 e. The molecule has 136 valence electrons. The van der Waals surface area contributed by atoms with Crippen LogP contribution < -0.4 is 10.6 Å². The van der Waals surface area contributed by atoms with Gasteiger partial charge in [-0.15, -0.1) is 0 Å². The number of hydrogen-bond donors (Lipinski definition) is 2. The zero-order valence-corrected chi connectivity index (χ0v) is 15.3. The number of amides is 1. The van der Waals surface area contributed by atoms with E-state index in [9.17, 15) is 4.79 Å². The molecule has 26 heavy (non-hydrogen) atoms. The van der Waals surface area contributed by atoms with Crippen LogP contribution in [0.25, 0.3) is 11.0 Å². The fourth-order valence-electron chi connectivity index (χ4n) is 2.88. The van der Waals surface area contributed by atoms with Gasteiger partial charge in [-0.05, 0) is 44.0 Å². The van der Waals surface area contributed by atoms with Gasteiger partial charge in [-0.1, -0.05) is 18.2 Å². The number of aryl methyl sites for hydroxylation is 3. The summed E-state index contributed by atoms with van der Waals surface area (Å²) in [5.74, 6) is 1.87. The van der Waals surface area contributed by atoms with Crippen molar-refractivity contribution in [1.82, 2.24) is 19.9 Å². The standard InChI is InChI=1S/C20H25N5O/c1-15-8-9-19(23-14-15)21-11-5-12-22-20(26)10-13-25-16(2)24-17-6-3-4-7-18(17)25/h3-4,6-9,14H,5,10-13H2,1-2H3,(H,21,23)(H,22,26). The number of hydrogen-bond acceptors (Lipinski definition) is 4. The van der Waals surface area contributed by atoms with Gasteiger partial charge in [0.15, 0.2) is 0 Å². The summed E-state index contributed by atoms with van der Waals surface area (Å²) in [6, 6.07) is 12.0. The van der Waals surface area contributed by atoms with E-state index in [1.54, 1.807) is 0 Å². The average molecular weight is 351 g/mol. The zero-order chi connectivity index (χ0) is 18.4. The molecule has 0 bridgehead atoms. The van der Waals surface area contributed by atoms with E-state index in [2.05, 4.69) is 25.2 Å². The molecule has 0 radical (unpaired) electrons. The lowest BCUT2D eigenvalue weighted by Crippen LogP contribution is -2.26. The Morgan fingerprint density at radius 2 is 1.96 bits per heavy atom. The van der Waals surface area contributed by atoms with E-state index in [1.807, 2.05) is 56.4 Å². The molecule has 0 aliphatic heterocycles. The van der Waals surface area contributed by atoms with Crippen molar-refractivity contribution in [2.24, 2.45) is 0 Å². The molecule has 6 heteroatoms. The van der Waals surface area contributed by atoms with Crippen LogP contribution >= 0.6 is 0 Å². The highest BCUT2D eigenvalue weighted by molar-refractivity contribution is 5.77. The first-order valence-corrected chi connectivity index (χ1v) is 8.98. The van der Waals surface area contributed by atoms with Crippen molar-refractivity contribution >= 4 is 22.8 Å². The molecule has 3 aromatic rings. The summed E-state index contributed by atoms with van der Waals surface area (Å²) in [5, 5.41) is 6.23. The summed E-state index contributed by atoms with van der Waals surface area (Å²) in [6.45, 7) is 6.07. The predicted molar refractivity (Wildman–Crippen MR) is 104 cm³/mol. The summed E-state index contributed by atoms with van der Waals surface area (Å²) in [4.78, 5) is 20.9. The number of nitrogens with one attached hydrogen (secondary N) is 2. The van der Waals surface area contributed by atoms with E-state index in [4.69, 9.17) is 0 Å². The van der Waals surface area contributed by atoms with Gasteiger partial charge in [-0.3, -0.25) is 4.79 Å². The Balaban J connectivity index is 1.37. The summed E-state index contributed by atoms with van der Waals surface area (Å²) in [6.07, 6.45) is 3.15. The van der Waals surface area contributed by atoms with E-state index in [0.29, 0.717) is 19.5 Å². The van der Waals surface area contributed by atoms with Crippen LogP contribution in [0.5, 0.6) is 0 Å². The number of nitrogens with zero attached hydrogens (tertiary/aromatic N) is 3. The molecule has 1 aromatic carbocycles. The van der Waals surface area contributed by atoms with E-state index in [0.717, 1.165) is 41.2 Å². The number of carbonyl (C=O) groups excluding carboxylic acids is 1. The van der Waals surface area contributed by atoms with Gasteiger partial charge in [-0.25, -0.2) is 9.97 Å². The molecule has 6 nitrogen and oxygen atoms in total. The normalized spacial score (nSPS) is 10.8. The molecule has 0 fully saturated rings. The van der Waals surface area contributed by atoms with Crippen LogP contribution in [0.1, 0.15) is 24.2 Å². The third kappa shape index (κ3) is 4.59. The number of anilines is 1. The highest BCUT2D eigenvalue weighted by Crippen LogP contribution is 2.15. The molecule has 3 rings (SSSR count). The van der Waals surface area contributed by atoms with Gasteiger partial charge in [0.05, 0.1) is 11.0 Å². The topological polar surface area (TPSA) is 71.8 Å². The first-order chi connectivity index (χ1) is 12.6. The number of fused-ring (bicyclic) bond motifs is 1. The Labute approximate surface area is 153 Å². The highest BCUT2D eigenvalue weighted by atomic mass is 16.1. The maximum Gasteiger partial charge on any atom is 0.221 e. The number of carbonyl (C=O) groups is 1. The number of pyridine rings is 1. The van der Waals surface area contributed by atoms with Crippen LogP contribution in [-0.4, -0.2) is 33.5 Å². The van der Waals surface area contributed by atoms with Crippen LogP contribution in [0.2, 0.25) is 0 Å². The molecular weight excluding hydrogens is 326 g/mol. The molecule has 0 spiro atoms. The second-order valence-electron chi connectivity index (χ2n) is 6.40. The van der Waals surface area contributed by atoms with Gasteiger partial charge in [-0.2, -0.15) is 0 Å². The molecule has 2 N–H and O–H groups in total. The molecule has 0 atom stereocenters. The second-order valence-corrected chi connectivity index (χ2v) is 6.40. The van der Waals surface area contributed by atoms with Crippen molar-refractivity contribution in [2.45, 2.75) is 33.2 Å². The predicted octanol–water partition coefficient (Wildman–Crippen LogP) is 3.06. The quantitative estimate of drug-likeness (QED) is 0.612. The summed E-state index contributed by atoms with van der Waals surface area (Å²) >= 11 is 0. The minimum atomic E-state index is 0.0654. The second kappa shape index (κ2) is 8.47. The lowest BCUT2D eigenvalue weighted by Gasteiger charge is -2.09. The number of aromatic nitrogens is 3. The Bertz CT molecular complexity index is 870. The minimum absolute atomic E-state index is 0.0654. The van der Waals surface area contributed by atoms with Gasteiger partial charge >= 0.3 is 0 Å². The SMILES string of the molecule is Cc1ccc(NCCCNC(=O)CCn2c(C)nc3ccccc32)nc1. The zero-order valence-electron chi connectivity index (χ0n) is 15.3.